The molecule has 5 heteroatoms. The summed E-state index contributed by atoms with van der Waals surface area (Å²) in [4.78, 5) is 25.2. The lowest BCUT2D eigenvalue weighted by atomic mass is 9.96. The van der Waals surface area contributed by atoms with Crippen LogP contribution in [0.3, 0.4) is 0 Å². The molecule has 0 unspecified atom stereocenters. The Morgan fingerprint density at radius 2 is 2.11 bits per heavy atom. The molecule has 1 fully saturated rings. The average Bonchev–Trinajstić information content (AvgIpc) is 2.32. The summed E-state index contributed by atoms with van der Waals surface area (Å²) in [6.07, 6.45) is 0. The van der Waals surface area contributed by atoms with Crippen molar-refractivity contribution in [1.29, 1.82) is 0 Å². The van der Waals surface area contributed by atoms with E-state index >= 15 is 0 Å². The molecule has 5 nitrogen and oxygen atoms in total. The van der Waals surface area contributed by atoms with Gasteiger partial charge < -0.3 is 15.3 Å². The van der Waals surface area contributed by atoms with Gasteiger partial charge in [0.15, 0.2) is 0 Å². The quantitative estimate of drug-likeness (QED) is 0.845. The monoisotopic (exact) mass is 262 g/mol. The molecule has 0 atom stereocenters. The van der Waals surface area contributed by atoms with Crippen LogP contribution in [0.15, 0.2) is 18.2 Å². The van der Waals surface area contributed by atoms with Crippen LogP contribution < -0.4 is 10.2 Å². The Hall–Kier alpha value is -2.04. The van der Waals surface area contributed by atoms with E-state index in [0.717, 1.165) is 5.56 Å². The first-order valence-corrected chi connectivity index (χ1v) is 6.24. The largest absolute Gasteiger partial charge is 0.478 e. The second-order valence-corrected chi connectivity index (χ2v) is 5.29. The zero-order valence-electron chi connectivity index (χ0n) is 11.4. The standard InChI is InChI=1S/C14H18N2O3/c1-9-4-5-10(12(17)18)11(8-9)16-7-6-15-13(19)14(16,2)3/h4-5,8H,6-7H2,1-3H3,(H,15,19)(H,17,18). The second kappa shape index (κ2) is 4.57. The first-order chi connectivity index (χ1) is 8.84. The number of carbonyl (C=O) groups is 2. The molecule has 2 N–H and O–H groups in total. The molecule has 1 aliphatic rings. The molecule has 1 aromatic carbocycles. The Morgan fingerprint density at radius 3 is 2.74 bits per heavy atom. The summed E-state index contributed by atoms with van der Waals surface area (Å²) in [5.74, 6) is -1.06. The van der Waals surface area contributed by atoms with Crippen molar-refractivity contribution in [1.82, 2.24) is 5.32 Å². The van der Waals surface area contributed by atoms with Gasteiger partial charge in [-0.15, -0.1) is 0 Å². The van der Waals surface area contributed by atoms with Gasteiger partial charge in [-0.2, -0.15) is 0 Å². The molecular weight excluding hydrogens is 244 g/mol. The van der Waals surface area contributed by atoms with Crippen molar-refractivity contribution in [3.63, 3.8) is 0 Å². The van der Waals surface area contributed by atoms with Gasteiger partial charge in [-0.1, -0.05) is 6.07 Å². The highest BCUT2D eigenvalue weighted by molar-refractivity contribution is 5.97. The predicted octanol–water partition coefficient (Wildman–Crippen LogP) is 1.41. The van der Waals surface area contributed by atoms with Crippen LogP contribution in [0.5, 0.6) is 0 Å². The number of aromatic carboxylic acids is 1. The second-order valence-electron chi connectivity index (χ2n) is 5.29. The number of hydrogen-bond donors (Lipinski definition) is 2. The van der Waals surface area contributed by atoms with E-state index in [0.29, 0.717) is 18.8 Å². The van der Waals surface area contributed by atoms with E-state index in [-0.39, 0.29) is 11.5 Å². The fourth-order valence-corrected chi connectivity index (χ4v) is 2.37. The summed E-state index contributed by atoms with van der Waals surface area (Å²) in [6, 6.07) is 5.18. The number of anilines is 1. The molecule has 1 saturated heterocycles. The van der Waals surface area contributed by atoms with Crippen LogP contribution in [0.2, 0.25) is 0 Å². The lowest BCUT2D eigenvalue weighted by Crippen LogP contribution is -2.62. The fourth-order valence-electron chi connectivity index (χ4n) is 2.37. The van der Waals surface area contributed by atoms with Crippen LogP contribution in [-0.4, -0.2) is 35.6 Å². The Morgan fingerprint density at radius 1 is 1.42 bits per heavy atom. The number of carbonyl (C=O) groups excluding carboxylic acids is 1. The number of benzene rings is 1. The van der Waals surface area contributed by atoms with E-state index in [9.17, 15) is 14.7 Å². The summed E-state index contributed by atoms with van der Waals surface area (Å²) < 4.78 is 0. The molecule has 1 heterocycles. The van der Waals surface area contributed by atoms with Gasteiger partial charge in [-0.3, -0.25) is 4.79 Å². The molecule has 1 aliphatic heterocycles. The van der Waals surface area contributed by atoms with Gasteiger partial charge in [0.05, 0.1) is 11.3 Å². The van der Waals surface area contributed by atoms with Crippen LogP contribution in [0.25, 0.3) is 0 Å². The third-order valence-electron chi connectivity index (χ3n) is 3.53. The van der Waals surface area contributed by atoms with Crippen LogP contribution in [0.1, 0.15) is 29.8 Å². The van der Waals surface area contributed by atoms with Crippen molar-refractivity contribution in [3.05, 3.63) is 29.3 Å². The van der Waals surface area contributed by atoms with E-state index in [2.05, 4.69) is 5.32 Å². The maximum Gasteiger partial charge on any atom is 0.337 e. The number of carboxylic acid groups (broad SMARTS) is 1. The van der Waals surface area contributed by atoms with Gasteiger partial charge in [0.25, 0.3) is 0 Å². The number of carboxylic acids is 1. The number of piperazine rings is 1. The van der Waals surface area contributed by atoms with Gasteiger partial charge in [-0.05, 0) is 38.5 Å². The Bertz CT molecular complexity index is 537. The predicted molar refractivity (Wildman–Crippen MR) is 72.6 cm³/mol. The van der Waals surface area contributed by atoms with E-state index < -0.39 is 11.5 Å². The highest BCUT2D eigenvalue weighted by Gasteiger charge is 2.39. The molecule has 0 spiro atoms. The number of nitrogens with one attached hydrogen (secondary N) is 1. The number of amides is 1. The van der Waals surface area contributed by atoms with Crippen LogP contribution in [0, 0.1) is 6.92 Å². The number of rotatable bonds is 2. The highest BCUT2D eigenvalue weighted by Crippen LogP contribution is 2.30. The van der Waals surface area contributed by atoms with Crippen LogP contribution >= 0.6 is 0 Å². The van der Waals surface area contributed by atoms with Crippen molar-refractivity contribution in [2.75, 3.05) is 18.0 Å². The van der Waals surface area contributed by atoms with Gasteiger partial charge in [-0.25, -0.2) is 4.79 Å². The molecule has 1 aromatic rings. The van der Waals surface area contributed by atoms with E-state index in [1.807, 2.05) is 17.9 Å². The van der Waals surface area contributed by atoms with Crippen molar-refractivity contribution in [2.45, 2.75) is 26.3 Å². The third kappa shape index (κ3) is 2.28. The minimum absolute atomic E-state index is 0.0865. The molecule has 0 aliphatic carbocycles. The summed E-state index contributed by atoms with van der Waals surface area (Å²) in [7, 11) is 0. The maximum atomic E-state index is 12.0. The smallest absolute Gasteiger partial charge is 0.337 e. The lowest BCUT2D eigenvalue weighted by Gasteiger charge is -2.43. The van der Waals surface area contributed by atoms with Gasteiger partial charge >= 0.3 is 5.97 Å². The topological polar surface area (TPSA) is 69.6 Å². The molecule has 0 aromatic heterocycles. The van der Waals surface area contributed by atoms with E-state index in [1.165, 1.54) is 0 Å². The van der Waals surface area contributed by atoms with Crippen molar-refractivity contribution in [3.8, 4) is 0 Å². The molecule has 0 radical (unpaired) electrons. The minimum atomic E-state index is -0.975. The average molecular weight is 262 g/mol. The molecule has 102 valence electrons. The summed E-state index contributed by atoms with van der Waals surface area (Å²) in [5, 5.41) is 12.1. The molecule has 2 rings (SSSR count). The molecule has 0 bridgehead atoms. The van der Waals surface area contributed by atoms with Gasteiger partial charge in [0.1, 0.15) is 5.54 Å². The first kappa shape index (κ1) is 13.4. The van der Waals surface area contributed by atoms with Crippen molar-refractivity contribution >= 4 is 17.6 Å². The summed E-state index contributed by atoms with van der Waals surface area (Å²) in [5.41, 5.74) is 1.05. The Labute approximate surface area is 112 Å². The SMILES string of the molecule is Cc1ccc(C(=O)O)c(N2CCNC(=O)C2(C)C)c1. The molecule has 1 amide bonds. The van der Waals surface area contributed by atoms with Crippen molar-refractivity contribution < 1.29 is 14.7 Å². The summed E-state index contributed by atoms with van der Waals surface area (Å²) in [6.45, 7) is 6.63. The zero-order valence-corrected chi connectivity index (χ0v) is 11.4. The van der Waals surface area contributed by atoms with Crippen molar-refractivity contribution in [2.24, 2.45) is 0 Å². The Balaban J connectivity index is 2.54. The molecular formula is C14H18N2O3. The lowest BCUT2D eigenvalue weighted by molar-refractivity contribution is -0.126. The maximum absolute atomic E-state index is 12.0. The van der Waals surface area contributed by atoms with Crippen LogP contribution in [-0.2, 0) is 4.79 Å². The van der Waals surface area contributed by atoms with Gasteiger partial charge in [0, 0.05) is 13.1 Å². The van der Waals surface area contributed by atoms with E-state index in [4.69, 9.17) is 0 Å². The molecule has 19 heavy (non-hydrogen) atoms. The highest BCUT2D eigenvalue weighted by atomic mass is 16.4. The zero-order chi connectivity index (χ0) is 14.2. The van der Waals surface area contributed by atoms with Crippen LogP contribution in [0.4, 0.5) is 5.69 Å². The number of aryl methyl sites for hydroxylation is 1. The number of nitrogens with zero attached hydrogens (tertiary/aromatic N) is 1. The molecule has 0 saturated carbocycles. The third-order valence-corrected chi connectivity index (χ3v) is 3.53. The van der Waals surface area contributed by atoms with Gasteiger partial charge in [0.2, 0.25) is 5.91 Å². The minimum Gasteiger partial charge on any atom is -0.478 e. The summed E-state index contributed by atoms with van der Waals surface area (Å²) >= 11 is 0. The number of hydrogen-bond acceptors (Lipinski definition) is 3. The fraction of sp³-hybridized carbons (Fsp3) is 0.429. The Kier molecular flexibility index (Phi) is 3.22. The normalized spacial score (nSPS) is 18.1. The van der Waals surface area contributed by atoms with E-state index in [1.54, 1.807) is 26.0 Å². The first-order valence-electron chi connectivity index (χ1n) is 6.24.